The van der Waals surface area contributed by atoms with Gasteiger partial charge in [0.15, 0.2) is 5.54 Å². The first-order chi connectivity index (χ1) is 20.2. The molecule has 2 aliphatic rings. The van der Waals surface area contributed by atoms with Crippen molar-refractivity contribution in [3.8, 4) is 0 Å². The van der Waals surface area contributed by atoms with Crippen LogP contribution in [0, 0.1) is 0 Å². The Kier molecular flexibility index (Phi) is 9.53. The normalized spacial score (nSPS) is 18.9. The van der Waals surface area contributed by atoms with Crippen molar-refractivity contribution in [1.29, 1.82) is 0 Å². The number of amides is 2. The quantitative estimate of drug-likeness (QED) is 0.292. The van der Waals surface area contributed by atoms with Gasteiger partial charge in [-0.2, -0.15) is 0 Å². The third kappa shape index (κ3) is 6.07. The maximum atomic E-state index is 14.0. The van der Waals surface area contributed by atoms with Gasteiger partial charge in [-0.15, -0.1) is 0 Å². The summed E-state index contributed by atoms with van der Waals surface area (Å²) in [5.41, 5.74) is 2.02. The van der Waals surface area contributed by atoms with Crippen LogP contribution < -0.4 is 5.32 Å². The molecule has 3 aromatic rings. The van der Waals surface area contributed by atoms with E-state index in [0.717, 1.165) is 85.8 Å². The van der Waals surface area contributed by atoms with Crippen molar-refractivity contribution in [1.82, 2.24) is 15.1 Å². The number of carbonyl (C=O) groups excluding carboxylic acids is 2. The van der Waals surface area contributed by atoms with Gasteiger partial charge in [-0.25, -0.2) is 0 Å². The van der Waals surface area contributed by atoms with Crippen LogP contribution in [0.4, 0.5) is 0 Å². The van der Waals surface area contributed by atoms with E-state index in [1.165, 1.54) is 6.42 Å². The second kappa shape index (κ2) is 13.0. The third-order valence-electron chi connectivity index (χ3n) is 9.68. The monoisotopic (exact) mass is 613 g/mol. The van der Waals surface area contributed by atoms with Crippen LogP contribution in [-0.4, -0.2) is 92.0 Å². The average Bonchev–Trinajstić information content (AvgIpc) is 3.48. The SMILES string of the molecule is CN(C)C(=O)C1([N+]2(CCC(CN(C)C(=O)c3ccc4occc4c3)c3ccc(Cl)c(Cl)c3)CCCCC2)CCNCC1. The molecule has 7 nitrogen and oxygen atoms in total. The lowest BCUT2D eigenvalue weighted by atomic mass is 9.79. The van der Waals surface area contributed by atoms with Crippen LogP contribution in [-0.2, 0) is 4.79 Å². The van der Waals surface area contributed by atoms with Crippen molar-refractivity contribution in [3.05, 3.63) is 69.9 Å². The number of nitrogens with one attached hydrogen (secondary N) is 1. The van der Waals surface area contributed by atoms with Crippen molar-refractivity contribution < 1.29 is 18.5 Å². The Morgan fingerprint density at radius 2 is 1.71 bits per heavy atom. The predicted molar refractivity (Wildman–Crippen MR) is 169 cm³/mol. The molecule has 0 aliphatic carbocycles. The Morgan fingerprint density at radius 1 is 0.976 bits per heavy atom. The summed E-state index contributed by atoms with van der Waals surface area (Å²) < 4.78 is 6.28. The molecular formula is C33H43Cl2N4O3+. The first-order valence-corrected chi connectivity index (χ1v) is 15.9. The summed E-state index contributed by atoms with van der Waals surface area (Å²) in [4.78, 5) is 31.2. The van der Waals surface area contributed by atoms with E-state index in [9.17, 15) is 9.59 Å². The minimum atomic E-state index is -0.431. The molecule has 42 heavy (non-hydrogen) atoms. The minimum absolute atomic E-state index is 0.0246. The lowest BCUT2D eigenvalue weighted by Gasteiger charge is -2.56. The number of fused-ring (bicyclic) bond motifs is 1. The van der Waals surface area contributed by atoms with Gasteiger partial charge in [-0.1, -0.05) is 29.3 Å². The molecule has 0 saturated carbocycles. The molecule has 2 fully saturated rings. The summed E-state index contributed by atoms with van der Waals surface area (Å²) in [5, 5.41) is 5.43. The van der Waals surface area contributed by atoms with E-state index in [1.807, 2.05) is 63.6 Å². The maximum absolute atomic E-state index is 14.0. The van der Waals surface area contributed by atoms with Gasteiger partial charge in [0.25, 0.3) is 11.8 Å². The van der Waals surface area contributed by atoms with Crippen molar-refractivity contribution in [3.63, 3.8) is 0 Å². The zero-order valence-corrected chi connectivity index (χ0v) is 26.5. The van der Waals surface area contributed by atoms with Crippen molar-refractivity contribution in [2.75, 3.05) is 60.4 Å². The van der Waals surface area contributed by atoms with Crippen LogP contribution in [0.5, 0.6) is 0 Å². The van der Waals surface area contributed by atoms with Crippen LogP contribution in [0.25, 0.3) is 11.0 Å². The maximum Gasteiger partial charge on any atom is 0.283 e. The smallest absolute Gasteiger partial charge is 0.283 e. The van der Waals surface area contributed by atoms with E-state index in [2.05, 4.69) is 5.32 Å². The predicted octanol–water partition coefficient (Wildman–Crippen LogP) is 6.20. The lowest BCUT2D eigenvalue weighted by molar-refractivity contribution is -0.972. The Morgan fingerprint density at radius 3 is 2.40 bits per heavy atom. The second-order valence-electron chi connectivity index (χ2n) is 12.4. The van der Waals surface area contributed by atoms with Crippen molar-refractivity contribution in [2.45, 2.75) is 50.0 Å². The van der Waals surface area contributed by atoms with Gasteiger partial charge >= 0.3 is 0 Å². The Balaban J connectivity index is 1.45. The van der Waals surface area contributed by atoms with Crippen LogP contribution in [0.1, 0.15) is 60.4 Å². The van der Waals surface area contributed by atoms with E-state index in [1.54, 1.807) is 16.1 Å². The molecule has 1 unspecified atom stereocenters. The molecule has 5 rings (SSSR count). The van der Waals surface area contributed by atoms with Crippen molar-refractivity contribution in [2.24, 2.45) is 0 Å². The topological polar surface area (TPSA) is 65.8 Å². The number of quaternary nitrogens is 1. The Labute approximate surface area is 259 Å². The molecule has 0 bridgehead atoms. The molecule has 9 heteroatoms. The summed E-state index contributed by atoms with van der Waals surface area (Å²) in [6.07, 6.45) is 7.61. The summed E-state index contributed by atoms with van der Waals surface area (Å²) in [5.74, 6) is 0.234. The molecule has 0 spiro atoms. The molecule has 3 heterocycles. The number of halogens is 2. The summed E-state index contributed by atoms with van der Waals surface area (Å²) in [7, 11) is 5.65. The fourth-order valence-corrected chi connectivity index (χ4v) is 7.70. The van der Waals surface area contributed by atoms with E-state index in [0.29, 0.717) is 22.2 Å². The van der Waals surface area contributed by atoms with Crippen LogP contribution in [0.15, 0.2) is 53.1 Å². The highest BCUT2D eigenvalue weighted by molar-refractivity contribution is 6.42. The molecule has 2 saturated heterocycles. The van der Waals surface area contributed by atoms with E-state index in [4.69, 9.17) is 27.6 Å². The van der Waals surface area contributed by atoms with Crippen LogP contribution in [0.3, 0.4) is 0 Å². The highest BCUT2D eigenvalue weighted by Gasteiger charge is 2.57. The third-order valence-corrected chi connectivity index (χ3v) is 10.4. The van der Waals surface area contributed by atoms with Gasteiger partial charge in [0, 0.05) is 76.9 Å². The number of rotatable bonds is 9. The van der Waals surface area contributed by atoms with Gasteiger partial charge in [0.05, 0.1) is 35.9 Å². The first-order valence-electron chi connectivity index (χ1n) is 15.1. The number of nitrogens with zero attached hydrogens (tertiary/aromatic N) is 3. The van der Waals surface area contributed by atoms with Gasteiger partial charge in [0.2, 0.25) is 0 Å². The van der Waals surface area contributed by atoms with E-state index >= 15 is 0 Å². The fourth-order valence-electron chi connectivity index (χ4n) is 7.40. The van der Waals surface area contributed by atoms with Crippen molar-refractivity contribution >= 4 is 46.0 Å². The first kappa shape index (κ1) is 30.9. The highest BCUT2D eigenvalue weighted by Crippen LogP contribution is 2.40. The van der Waals surface area contributed by atoms with Crippen LogP contribution in [0.2, 0.25) is 10.0 Å². The van der Waals surface area contributed by atoms with E-state index < -0.39 is 5.54 Å². The minimum Gasteiger partial charge on any atom is -0.464 e. The highest BCUT2D eigenvalue weighted by atomic mass is 35.5. The number of carbonyl (C=O) groups is 2. The fraction of sp³-hybridized carbons (Fsp3) is 0.515. The lowest BCUT2D eigenvalue weighted by Crippen LogP contribution is -2.74. The summed E-state index contributed by atoms with van der Waals surface area (Å²) >= 11 is 12.8. The molecule has 2 amide bonds. The van der Waals surface area contributed by atoms with Crippen LogP contribution >= 0.6 is 23.2 Å². The molecule has 2 aliphatic heterocycles. The van der Waals surface area contributed by atoms with Gasteiger partial charge in [0.1, 0.15) is 5.58 Å². The van der Waals surface area contributed by atoms with Gasteiger partial charge < -0.3 is 24.0 Å². The standard InChI is InChI=1S/C33H43Cl2N4O3/c1-37(2)32(41)33(13-15-36-16-14-33)39(17-5-4-6-18-39)19-11-27(24-7-9-28(34)29(35)22-24)23-38(3)31(40)26-8-10-30-25(21-26)12-20-42-30/h7-10,12,20-22,27,36H,4-6,11,13-19,23H2,1-3H3/q+1. The number of hydrogen-bond acceptors (Lipinski definition) is 4. The molecular weight excluding hydrogens is 571 g/mol. The number of benzene rings is 2. The molecule has 2 aromatic carbocycles. The molecule has 1 aromatic heterocycles. The molecule has 1 atom stereocenters. The number of likely N-dealkylation sites (tertiary alicyclic amines) is 1. The Bertz CT molecular complexity index is 1410. The number of likely N-dealkylation sites (N-methyl/N-ethyl adjacent to an activating group) is 2. The average molecular weight is 615 g/mol. The molecule has 1 N–H and O–H groups in total. The molecule has 226 valence electrons. The Hall–Kier alpha value is -2.58. The summed E-state index contributed by atoms with van der Waals surface area (Å²) in [6, 6.07) is 13.2. The largest absolute Gasteiger partial charge is 0.464 e. The zero-order valence-electron chi connectivity index (χ0n) is 25.0. The summed E-state index contributed by atoms with van der Waals surface area (Å²) in [6.45, 7) is 5.12. The van der Waals surface area contributed by atoms with Gasteiger partial charge in [-0.05, 0) is 61.2 Å². The number of hydrogen-bond donors (Lipinski definition) is 1. The molecule has 0 radical (unpaired) electrons. The van der Waals surface area contributed by atoms with Gasteiger partial charge in [-0.3, -0.25) is 9.59 Å². The number of furan rings is 1. The zero-order chi connectivity index (χ0) is 29.9. The van der Waals surface area contributed by atoms with E-state index in [-0.39, 0.29) is 17.7 Å². The second-order valence-corrected chi connectivity index (χ2v) is 13.2. The number of piperidine rings is 2.